The molecule has 0 spiro atoms. The Kier molecular flexibility index (Phi) is 3.34. The normalized spacial score (nSPS) is 23.0. The molecule has 3 heterocycles. The zero-order chi connectivity index (χ0) is 16.9. The molecule has 2 fully saturated rings. The standard InChI is InChI=1S/C15H12F3N3O3/c16-15(17,18)14-19-12(20-24-14)8-2-1-3-9(4-8)13(22)21-10-5-11(21)7-23-6-10/h1-4,10-11H,5-7H2. The first-order valence-electron chi connectivity index (χ1n) is 7.35. The molecule has 126 valence electrons. The summed E-state index contributed by atoms with van der Waals surface area (Å²) in [6, 6.07) is 6.34. The lowest BCUT2D eigenvalue weighted by molar-refractivity contribution is -0.159. The van der Waals surface area contributed by atoms with Gasteiger partial charge >= 0.3 is 12.1 Å². The molecule has 0 N–H and O–H groups in total. The van der Waals surface area contributed by atoms with Crippen LogP contribution < -0.4 is 0 Å². The van der Waals surface area contributed by atoms with Gasteiger partial charge in [0.05, 0.1) is 25.3 Å². The van der Waals surface area contributed by atoms with Gasteiger partial charge in [-0.2, -0.15) is 18.2 Å². The van der Waals surface area contributed by atoms with Gasteiger partial charge in [0, 0.05) is 11.1 Å². The van der Waals surface area contributed by atoms with Gasteiger partial charge in [-0.3, -0.25) is 4.79 Å². The number of fused-ring (bicyclic) bond motifs is 2. The molecule has 0 radical (unpaired) electrons. The smallest absolute Gasteiger partial charge is 0.377 e. The van der Waals surface area contributed by atoms with Gasteiger partial charge in [0.25, 0.3) is 5.91 Å². The average Bonchev–Trinajstić information content (AvgIpc) is 3.06. The van der Waals surface area contributed by atoms with Crippen LogP contribution in [-0.2, 0) is 10.9 Å². The Morgan fingerprint density at radius 3 is 2.62 bits per heavy atom. The molecule has 2 aliphatic heterocycles. The van der Waals surface area contributed by atoms with E-state index in [9.17, 15) is 18.0 Å². The van der Waals surface area contributed by atoms with Gasteiger partial charge in [0.15, 0.2) is 0 Å². The van der Waals surface area contributed by atoms with Gasteiger partial charge in [-0.1, -0.05) is 17.3 Å². The second-order valence-corrected chi connectivity index (χ2v) is 5.79. The van der Waals surface area contributed by atoms with Crippen LogP contribution in [0.2, 0.25) is 0 Å². The Labute approximate surface area is 134 Å². The summed E-state index contributed by atoms with van der Waals surface area (Å²) in [4.78, 5) is 17.7. The lowest BCUT2D eigenvalue weighted by Crippen LogP contribution is -2.65. The first-order chi connectivity index (χ1) is 11.4. The van der Waals surface area contributed by atoms with Crippen LogP contribution in [0.25, 0.3) is 11.4 Å². The molecule has 1 aromatic carbocycles. The third-order valence-electron chi connectivity index (χ3n) is 4.22. The Morgan fingerprint density at radius 1 is 1.25 bits per heavy atom. The molecule has 9 heteroatoms. The monoisotopic (exact) mass is 339 g/mol. The fraction of sp³-hybridized carbons (Fsp3) is 0.400. The number of ether oxygens (including phenoxy) is 1. The van der Waals surface area contributed by atoms with Crippen molar-refractivity contribution in [2.24, 2.45) is 0 Å². The minimum Gasteiger partial charge on any atom is -0.377 e. The average molecular weight is 339 g/mol. The Bertz CT molecular complexity index is 776. The van der Waals surface area contributed by atoms with E-state index in [2.05, 4.69) is 14.7 Å². The Hall–Kier alpha value is -2.42. The molecule has 4 rings (SSSR count). The lowest BCUT2D eigenvalue weighted by Gasteiger charge is -2.52. The van der Waals surface area contributed by atoms with Crippen LogP contribution in [0.15, 0.2) is 28.8 Å². The first-order valence-corrected chi connectivity index (χ1v) is 7.35. The SMILES string of the molecule is O=C(c1cccc(-c2noc(C(F)(F)F)n2)c1)N1C2COCC1C2. The van der Waals surface area contributed by atoms with E-state index in [1.165, 1.54) is 12.1 Å². The molecule has 2 saturated heterocycles. The largest absolute Gasteiger partial charge is 0.471 e. The first kappa shape index (κ1) is 15.1. The number of carbonyl (C=O) groups is 1. The van der Waals surface area contributed by atoms with Gasteiger partial charge < -0.3 is 14.2 Å². The topological polar surface area (TPSA) is 68.5 Å². The number of hydrogen-bond donors (Lipinski definition) is 0. The molecule has 2 bridgehead atoms. The molecule has 24 heavy (non-hydrogen) atoms. The van der Waals surface area contributed by atoms with Gasteiger partial charge in [0.2, 0.25) is 5.82 Å². The van der Waals surface area contributed by atoms with Crippen LogP contribution in [0.4, 0.5) is 13.2 Å². The maximum Gasteiger partial charge on any atom is 0.471 e. The van der Waals surface area contributed by atoms with Crippen LogP contribution in [0, 0.1) is 0 Å². The van der Waals surface area contributed by atoms with Crippen molar-refractivity contribution in [3.8, 4) is 11.4 Å². The fourth-order valence-electron chi connectivity index (χ4n) is 3.07. The molecule has 0 saturated carbocycles. The number of halogens is 3. The maximum atomic E-state index is 12.6. The number of hydrogen-bond acceptors (Lipinski definition) is 5. The Morgan fingerprint density at radius 2 is 2.00 bits per heavy atom. The zero-order valence-corrected chi connectivity index (χ0v) is 12.3. The van der Waals surface area contributed by atoms with E-state index in [0.717, 1.165) is 6.42 Å². The highest BCUT2D eigenvalue weighted by Gasteiger charge is 2.45. The zero-order valence-electron chi connectivity index (χ0n) is 12.3. The predicted octanol–water partition coefficient (Wildman–Crippen LogP) is 2.37. The van der Waals surface area contributed by atoms with Gasteiger partial charge in [-0.25, -0.2) is 0 Å². The van der Waals surface area contributed by atoms with Crippen molar-refractivity contribution in [1.29, 1.82) is 0 Å². The van der Waals surface area contributed by atoms with E-state index in [-0.39, 0.29) is 23.8 Å². The number of amides is 1. The van der Waals surface area contributed by atoms with Crippen LogP contribution in [0.1, 0.15) is 22.7 Å². The van der Waals surface area contributed by atoms with Crippen LogP contribution in [0.3, 0.4) is 0 Å². The van der Waals surface area contributed by atoms with Crippen LogP contribution in [-0.4, -0.2) is 46.2 Å². The summed E-state index contributed by atoms with van der Waals surface area (Å²) in [5.74, 6) is -1.78. The summed E-state index contributed by atoms with van der Waals surface area (Å²) in [5.41, 5.74) is 0.671. The van der Waals surface area contributed by atoms with E-state index < -0.39 is 12.1 Å². The predicted molar refractivity (Wildman–Crippen MR) is 73.9 cm³/mol. The number of aromatic nitrogens is 2. The molecular formula is C15H12F3N3O3. The molecule has 1 amide bonds. The van der Waals surface area contributed by atoms with E-state index in [1.807, 2.05) is 0 Å². The van der Waals surface area contributed by atoms with Crippen molar-refractivity contribution >= 4 is 5.91 Å². The Balaban J connectivity index is 1.60. The van der Waals surface area contributed by atoms with Crippen molar-refractivity contribution in [1.82, 2.24) is 15.0 Å². The number of carbonyl (C=O) groups excluding carboxylic acids is 1. The summed E-state index contributed by atoms with van der Waals surface area (Å²) in [6.07, 6.45) is -3.78. The molecule has 0 aliphatic carbocycles. The molecule has 2 unspecified atom stereocenters. The highest BCUT2D eigenvalue weighted by molar-refractivity contribution is 5.96. The van der Waals surface area contributed by atoms with E-state index in [1.54, 1.807) is 17.0 Å². The van der Waals surface area contributed by atoms with Crippen LogP contribution in [0.5, 0.6) is 0 Å². The number of rotatable bonds is 2. The van der Waals surface area contributed by atoms with Gasteiger partial charge in [0.1, 0.15) is 0 Å². The minimum atomic E-state index is -4.70. The number of alkyl halides is 3. The lowest BCUT2D eigenvalue weighted by atomic mass is 9.90. The van der Waals surface area contributed by atoms with Crippen molar-refractivity contribution < 1.29 is 27.2 Å². The van der Waals surface area contributed by atoms with Crippen molar-refractivity contribution in [3.63, 3.8) is 0 Å². The third-order valence-corrected chi connectivity index (χ3v) is 4.22. The minimum absolute atomic E-state index is 0.0712. The maximum absolute atomic E-state index is 12.6. The molecule has 2 atom stereocenters. The quantitative estimate of drug-likeness (QED) is 0.840. The van der Waals surface area contributed by atoms with E-state index in [4.69, 9.17) is 4.74 Å². The molecule has 1 aromatic heterocycles. The van der Waals surface area contributed by atoms with Gasteiger partial charge in [-0.15, -0.1) is 0 Å². The van der Waals surface area contributed by atoms with Crippen molar-refractivity contribution in [3.05, 3.63) is 35.7 Å². The van der Waals surface area contributed by atoms with Gasteiger partial charge in [-0.05, 0) is 18.6 Å². The second-order valence-electron chi connectivity index (χ2n) is 5.79. The highest BCUT2D eigenvalue weighted by Crippen LogP contribution is 2.33. The third kappa shape index (κ3) is 2.44. The second kappa shape index (κ2) is 5.30. The summed E-state index contributed by atoms with van der Waals surface area (Å²) in [6.45, 7) is 1.03. The fourth-order valence-corrected chi connectivity index (χ4v) is 3.07. The number of nitrogens with zero attached hydrogens (tertiary/aromatic N) is 3. The summed E-state index contributed by atoms with van der Waals surface area (Å²) in [5, 5.41) is 3.34. The van der Waals surface area contributed by atoms with Crippen LogP contribution >= 0.6 is 0 Å². The summed E-state index contributed by atoms with van der Waals surface area (Å²) >= 11 is 0. The number of benzene rings is 1. The van der Waals surface area contributed by atoms with E-state index >= 15 is 0 Å². The van der Waals surface area contributed by atoms with E-state index in [0.29, 0.717) is 24.3 Å². The van der Waals surface area contributed by atoms with Crippen molar-refractivity contribution in [2.75, 3.05) is 13.2 Å². The highest BCUT2D eigenvalue weighted by atomic mass is 19.4. The molecular weight excluding hydrogens is 327 g/mol. The molecule has 2 aliphatic rings. The number of morpholine rings is 1. The summed E-state index contributed by atoms with van der Waals surface area (Å²) in [7, 11) is 0. The summed E-state index contributed by atoms with van der Waals surface area (Å²) < 4.78 is 47.2. The van der Waals surface area contributed by atoms with Crippen molar-refractivity contribution in [2.45, 2.75) is 24.7 Å². The molecule has 2 aromatic rings. The molecule has 6 nitrogen and oxygen atoms in total.